The fourth-order valence-corrected chi connectivity index (χ4v) is 0.266. The molecule has 9 heavy (non-hydrogen) atoms. The zero-order chi connectivity index (χ0) is 6.95. The van der Waals surface area contributed by atoms with Crippen LogP contribution in [-0.2, 0) is 0 Å². The summed E-state index contributed by atoms with van der Waals surface area (Å²) in [7, 11) is 0. The van der Waals surface area contributed by atoms with Gasteiger partial charge >= 0.3 is 0 Å². The van der Waals surface area contributed by atoms with Crippen molar-refractivity contribution in [1.29, 1.82) is 0 Å². The Balaban J connectivity index is 3.49. The molecular weight excluding hydrogens is 138 g/mol. The number of hydrogen-bond acceptors (Lipinski definition) is 1. The van der Waals surface area contributed by atoms with Crippen LogP contribution < -0.4 is 0 Å². The largest absolute Gasteiger partial charge is 0.0925 e. The number of rotatable bonds is 1. The van der Waals surface area contributed by atoms with Crippen LogP contribution in [0.4, 0.5) is 0 Å². The third kappa shape index (κ3) is 6.90. The van der Waals surface area contributed by atoms with Crippen LogP contribution in [0.15, 0.2) is 16.7 Å². The summed E-state index contributed by atoms with van der Waals surface area (Å²) in [4.78, 5) is 2.50. The number of allylic oxidation sites excluding steroid dienone is 1. The lowest BCUT2D eigenvalue weighted by molar-refractivity contribution is 1.25. The first-order valence-electron chi connectivity index (χ1n) is 2.16. The highest BCUT2D eigenvalue weighted by molar-refractivity contribution is 6.25. The van der Waals surface area contributed by atoms with Crippen molar-refractivity contribution in [2.45, 2.75) is 0 Å². The molecule has 0 saturated carbocycles. The fraction of sp³-hybridized carbons (Fsp3) is 0.200. The third-order valence-corrected chi connectivity index (χ3v) is 0.587. The molecule has 0 heterocycles. The first-order chi connectivity index (χ1) is 4.41. The number of nitrogens with zero attached hydrogens (tertiary/aromatic N) is 3. The van der Waals surface area contributed by atoms with Crippen LogP contribution in [-0.4, -0.2) is 6.54 Å². The minimum absolute atomic E-state index is 0.192. The van der Waals surface area contributed by atoms with Crippen LogP contribution in [0.3, 0.4) is 0 Å². The Bertz CT molecular complexity index is 192. The van der Waals surface area contributed by atoms with Gasteiger partial charge in [-0.25, -0.2) is 0 Å². The highest BCUT2D eigenvalue weighted by atomic mass is 35.5. The number of halogens is 1. The van der Waals surface area contributed by atoms with Gasteiger partial charge in [0, 0.05) is 10.4 Å². The summed E-state index contributed by atoms with van der Waals surface area (Å²) in [6.07, 6.45) is 1.47. The van der Waals surface area contributed by atoms with E-state index in [1.165, 1.54) is 11.6 Å². The van der Waals surface area contributed by atoms with Gasteiger partial charge < -0.3 is 0 Å². The van der Waals surface area contributed by atoms with Crippen LogP contribution in [0.25, 0.3) is 10.4 Å². The van der Waals surface area contributed by atoms with Crippen molar-refractivity contribution in [3.05, 3.63) is 22.1 Å². The average molecular weight is 142 g/mol. The summed E-state index contributed by atoms with van der Waals surface area (Å²) in [5.74, 6) is 5.09. The Hall–Kier alpha value is -1.10. The van der Waals surface area contributed by atoms with Crippen molar-refractivity contribution >= 4 is 11.6 Å². The SMILES string of the molecule is [N-]=[N+]=NCC#C/C=C/Cl. The molecule has 0 aromatic heterocycles. The van der Waals surface area contributed by atoms with E-state index in [0.29, 0.717) is 0 Å². The van der Waals surface area contributed by atoms with Crippen molar-refractivity contribution in [1.82, 2.24) is 0 Å². The number of hydrogen-bond donors (Lipinski definition) is 0. The Labute approximate surface area is 57.9 Å². The first kappa shape index (κ1) is 7.90. The molecule has 0 spiro atoms. The topological polar surface area (TPSA) is 48.8 Å². The van der Waals surface area contributed by atoms with Crippen molar-refractivity contribution < 1.29 is 0 Å². The summed E-state index contributed by atoms with van der Waals surface area (Å²) in [5, 5.41) is 3.17. The Morgan fingerprint density at radius 3 is 3.11 bits per heavy atom. The van der Waals surface area contributed by atoms with Crippen molar-refractivity contribution in [2.24, 2.45) is 5.11 Å². The number of azide groups is 1. The van der Waals surface area contributed by atoms with Gasteiger partial charge in [0.05, 0.1) is 6.54 Å². The van der Waals surface area contributed by atoms with Gasteiger partial charge in [-0.15, -0.1) is 0 Å². The molecule has 0 aromatic carbocycles. The van der Waals surface area contributed by atoms with Gasteiger partial charge in [0.25, 0.3) is 0 Å². The van der Waals surface area contributed by atoms with Crippen LogP contribution >= 0.6 is 11.6 Å². The second-order valence-corrected chi connectivity index (χ2v) is 1.25. The smallest absolute Gasteiger partial charge is 0.0880 e. The molecule has 0 aliphatic heterocycles. The fourth-order valence-electron chi connectivity index (χ4n) is 0.203. The van der Waals surface area contributed by atoms with Gasteiger partial charge in [0.1, 0.15) is 0 Å². The van der Waals surface area contributed by atoms with Gasteiger partial charge in [-0.2, -0.15) is 0 Å². The maximum absolute atomic E-state index is 7.77. The van der Waals surface area contributed by atoms with Crippen molar-refractivity contribution in [3.63, 3.8) is 0 Å². The normalized spacial score (nSPS) is 7.67. The minimum atomic E-state index is 0.192. The second-order valence-electron chi connectivity index (χ2n) is 1.00. The summed E-state index contributed by atoms with van der Waals surface area (Å²) < 4.78 is 0. The van der Waals surface area contributed by atoms with Crippen LogP contribution in [0, 0.1) is 11.8 Å². The van der Waals surface area contributed by atoms with Crippen molar-refractivity contribution in [3.8, 4) is 11.8 Å². The molecule has 0 amide bonds. The monoisotopic (exact) mass is 141 g/mol. The van der Waals surface area contributed by atoms with E-state index in [0.717, 1.165) is 0 Å². The molecule has 0 N–H and O–H groups in total. The molecule has 3 nitrogen and oxygen atoms in total. The molecule has 0 aliphatic rings. The molecule has 0 rings (SSSR count). The maximum Gasteiger partial charge on any atom is 0.0880 e. The van der Waals surface area contributed by atoms with E-state index in [9.17, 15) is 0 Å². The lowest BCUT2D eigenvalue weighted by Crippen LogP contribution is -1.64. The Morgan fingerprint density at radius 2 is 2.56 bits per heavy atom. The van der Waals surface area contributed by atoms with E-state index < -0.39 is 0 Å². The lowest BCUT2D eigenvalue weighted by Gasteiger charge is -1.65. The molecule has 0 aliphatic carbocycles. The molecule has 0 bridgehead atoms. The molecule has 0 atom stereocenters. The highest BCUT2D eigenvalue weighted by Gasteiger charge is 1.62. The van der Waals surface area contributed by atoms with Gasteiger partial charge in [0.15, 0.2) is 0 Å². The Kier molecular flexibility index (Phi) is 6.06. The van der Waals surface area contributed by atoms with E-state index in [1.54, 1.807) is 0 Å². The van der Waals surface area contributed by atoms with Gasteiger partial charge in [-0.3, -0.25) is 0 Å². The van der Waals surface area contributed by atoms with E-state index in [-0.39, 0.29) is 6.54 Å². The van der Waals surface area contributed by atoms with Crippen LogP contribution in [0.5, 0.6) is 0 Å². The molecule has 0 unspecified atom stereocenters. The Morgan fingerprint density at radius 1 is 1.78 bits per heavy atom. The first-order valence-corrected chi connectivity index (χ1v) is 2.60. The van der Waals surface area contributed by atoms with E-state index >= 15 is 0 Å². The van der Waals surface area contributed by atoms with E-state index in [4.69, 9.17) is 17.1 Å². The van der Waals surface area contributed by atoms with Gasteiger partial charge in [0.2, 0.25) is 0 Å². The van der Waals surface area contributed by atoms with Crippen LogP contribution in [0.2, 0.25) is 0 Å². The molecule has 0 radical (unpaired) electrons. The second kappa shape index (κ2) is 6.90. The van der Waals surface area contributed by atoms with Crippen LogP contribution in [0.1, 0.15) is 0 Å². The zero-order valence-electron chi connectivity index (χ0n) is 4.58. The van der Waals surface area contributed by atoms with E-state index in [2.05, 4.69) is 21.9 Å². The summed E-state index contributed by atoms with van der Waals surface area (Å²) in [6.45, 7) is 0.192. The molecule has 4 heteroatoms. The van der Waals surface area contributed by atoms with Gasteiger partial charge in [-0.05, 0) is 11.6 Å². The minimum Gasteiger partial charge on any atom is -0.0925 e. The third-order valence-electron chi connectivity index (χ3n) is 0.461. The highest BCUT2D eigenvalue weighted by Crippen LogP contribution is 1.74. The van der Waals surface area contributed by atoms with E-state index in [1.807, 2.05) is 0 Å². The molecule has 0 saturated heterocycles. The zero-order valence-corrected chi connectivity index (χ0v) is 5.34. The predicted molar refractivity (Wildman–Crippen MR) is 36.8 cm³/mol. The molecule has 0 aromatic rings. The summed E-state index contributed by atoms with van der Waals surface area (Å²) in [6, 6.07) is 0. The standard InChI is InChI=1S/C5H4ClN3/c6-4-2-1-3-5-8-9-7/h2,4H,5H2/b4-2+. The summed E-state index contributed by atoms with van der Waals surface area (Å²) >= 11 is 5.13. The predicted octanol–water partition coefficient (Wildman–Crippen LogP) is 2.05. The molecular formula is C5H4ClN3. The quantitative estimate of drug-likeness (QED) is 0.232. The van der Waals surface area contributed by atoms with Crippen molar-refractivity contribution in [2.75, 3.05) is 6.54 Å². The maximum atomic E-state index is 7.77. The lowest BCUT2D eigenvalue weighted by atomic mass is 10.6. The average Bonchev–Trinajstić information content (AvgIpc) is 1.89. The van der Waals surface area contributed by atoms with Gasteiger partial charge in [-0.1, -0.05) is 28.6 Å². The molecule has 46 valence electrons. The summed E-state index contributed by atoms with van der Waals surface area (Å²) in [5.41, 5.74) is 9.06. The molecule has 0 fully saturated rings.